The van der Waals surface area contributed by atoms with Gasteiger partial charge in [0.05, 0.1) is 0 Å². The molecule has 0 unspecified atom stereocenters. The second-order valence-corrected chi connectivity index (χ2v) is 7.37. The van der Waals surface area contributed by atoms with Gasteiger partial charge in [-0.05, 0) is 60.1 Å². The van der Waals surface area contributed by atoms with Gasteiger partial charge in [0, 0.05) is 43.3 Å². The lowest BCUT2D eigenvalue weighted by molar-refractivity contribution is 0.343. The van der Waals surface area contributed by atoms with Crippen LogP contribution in [0.1, 0.15) is 5.56 Å². The largest absolute Gasteiger partial charge is 0.340 e. The van der Waals surface area contributed by atoms with E-state index in [0.29, 0.717) is 12.2 Å². The molecule has 0 aliphatic carbocycles. The fourth-order valence-corrected chi connectivity index (χ4v) is 3.88. The zero-order valence-corrected chi connectivity index (χ0v) is 15.9. The maximum absolute atomic E-state index is 13.8. The van der Waals surface area contributed by atoms with Crippen LogP contribution < -0.4 is 4.90 Å². The number of hydrogen-bond acceptors (Lipinski definition) is 4. The minimum atomic E-state index is -0.571. The van der Waals surface area contributed by atoms with Gasteiger partial charge < -0.3 is 9.80 Å². The smallest absolute Gasteiger partial charge is 0.160 e. The molecule has 0 saturated carbocycles. The van der Waals surface area contributed by atoms with Crippen LogP contribution in [0.5, 0.6) is 0 Å². The van der Waals surface area contributed by atoms with Crippen LogP contribution in [0.4, 0.5) is 20.2 Å². The van der Waals surface area contributed by atoms with Gasteiger partial charge in [0.15, 0.2) is 5.65 Å². The summed E-state index contributed by atoms with van der Waals surface area (Å²) in [6.45, 7) is 2.19. The monoisotopic (exact) mass is 391 g/mol. The molecule has 0 radical (unpaired) electrons. The van der Waals surface area contributed by atoms with Crippen molar-refractivity contribution in [2.24, 2.45) is 0 Å². The van der Waals surface area contributed by atoms with E-state index >= 15 is 0 Å². The van der Waals surface area contributed by atoms with Crippen LogP contribution >= 0.6 is 0 Å². The summed E-state index contributed by atoms with van der Waals surface area (Å²) in [4.78, 5) is 4.19. The van der Waals surface area contributed by atoms with Crippen LogP contribution in [0.3, 0.4) is 0 Å². The molecule has 5 nitrogen and oxygen atoms in total. The standard InChI is InChI=1S/C22H19F2N5/c1-27-6-7-29(20-10-18(23)9-19(24)11-20)21-4-2-15(8-17(21)12-27)16-3-5-22-26-25-14-28(22)13-16/h2-5,8-11,13-14H,6-7,12H2,1H3. The second-order valence-electron chi connectivity index (χ2n) is 7.37. The molecule has 2 aromatic heterocycles. The molecule has 4 aromatic rings. The van der Waals surface area contributed by atoms with Crippen LogP contribution in [-0.4, -0.2) is 39.6 Å². The van der Waals surface area contributed by atoms with E-state index in [1.807, 2.05) is 39.8 Å². The third kappa shape index (κ3) is 3.34. The first-order chi connectivity index (χ1) is 14.1. The fraction of sp³-hybridized carbons (Fsp3) is 0.182. The van der Waals surface area contributed by atoms with Gasteiger partial charge in [-0.3, -0.25) is 4.40 Å². The Labute approximate surface area is 166 Å². The molecule has 0 saturated heterocycles. The van der Waals surface area contributed by atoms with Crippen LogP contribution in [0.2, 0.25) is 0 Å². The molecule has 3 heterocycles. The third-order valence-electron chi connectivity index (χ3n) is 5.30. The first-order valence-corrected chi connectivity index (χ1v) is 9.42. The number of likely N-dealkylation sites (N-methyl/N-ethyl adjacent to an activating group) is 1. The van der Waals surface area contributed by atoms with E-state index in [-0.39, 0.29) is 0 Å². The lowest BCUT2D eigenvalue weighted by atomic mass is 10.0. The number of rotatable bonds is 2. The van der Waals surface area contributed by atoms with Crippen LogP contribution in [0.25, 0.3) is 16.8 Å². The average molecular weight is 391 g/mol. The van der Waals surface area contributed by atoms with E-state index in [4.69, 9.17) is 0 Å². The first kappa shape index (κ1) is 17.8. The van der Waals surface area contributed by atoms with Crippen molar-refractivity contribution in [3.05, 3.63) is 78.3 Å². The molecule has 1 aliphatic heterocycles. The molecule has 0 atom stereocenters. The van der Waals surface area contributed by atoms with Gasteiger partial charge in [0.25, 0.3) is 0 Å². The highest BCUT2D eigenvalue weighted by Crippen LogP contribution is 2.35. The quantitative estimate of drug-likeness (QED) is 0.512. The molecule has 5 rings (SSSR count). The van der Waals surface area contributed by atoms with Crippen molar-refractivity contribution in [3.8, 4) is 11.1 Å². The first-order valence-electron chi connectivity index (χ1n) is 9.42. The van der Waals surface area contributed by atoms with Crippen LogP contribution in [0, 0.1) is 11.6 Å². The number of pyridine rings is 1. The number of nitrogens with zero attached hydrogens (tertiary/aromatic N) is 5. The molecule has 146 valence electrons. The van der Waals surface area contributed by atoms with Crippen molar-refractivity contribution < 1.29 is 8.78 Å². The number of hydrogen-bond donors (Lipinski definition) is 0. The number of benzene rings is 2. The summed E-state index contributed by atoms with van der Waals surface area (Å²) in [7, 11) is 2.05. The molecule has 0 N–H and O–H groups in total. The number of aromatic nitrogens is 3. The topological polar surface area (TPSA) is 36.7 Å². The van der Waals surface area contributed by atoms with Crippen molar-refractivity contribution in [2.45, 2.75) is 6.54 Å². The lowest BCUT2D eigenvalue weighted by Gasteiger charge is -2.25. The molecular formula is C22H19F2N5. The molecule has 7 heteroatoms. The Morgan fingerprint density at radius 1 is 0.897 bits per heavy atom. The van der Waals surface area contributed by atoms with Gasteiger partial charge in [-0.1, -0.05) is 6.07 Å². The number of halogens is 2. The molecular weight excluding hydrogens is 372 g/mol. The summed E-state index contributed by atoms with van der Waals surface area (Å²) in [5.41, 5.74) is 5.51. The summed E-state index contributed by atoms with van der Waals surface area (Å²) in [5.74, 6) is -1.14. The van der Waals surface area contributed by atoms with E-state index in [1.165, 1.54) is 12.1 Å². The SMILES string of the molecule is CN1CCN(c2cc(F)cc(F)c2)c2ccc(-c3ccc4nncn4c3)cc2C1. The lowest BCUT2D eigenvalue weighted by Crippen LogP contribution is -2.26. The Morgan fingerprint density at radius 3 is 2.52 bits per heavy atom. The van der Waals surface area contributed by atoms with Crippen LogP contribution in [0.15, 0.2) is 61.1 Å². The third-order valence-corrected chi connectivity index (χ3v) is 5.30. The Hall–Kier alpha value is -3.32. The fourth-order valence-electron chi connectivity index (χ4n) is 3.88. The minimum Gasteiger partial charge on any atom is -0.340 e. The van der Waals surface area contributed by atoms with Crippen molar-refractivity contribution in [1.29, 1.82) is 0 Å². The van der Waals surface area contributed by atoms with Crippen molar-refractivity contribution in [1.82, 2.24) is 19.5 Å². The highest BCUT2D eigenvalue weighted by Gasteiger charge is 2.21. The van der Waals surface area contributed by atoms with E-state index in [9.17, 15) is 8.78 Å². The highest BCUT2D eigenvalue weighted by atomic mass is 19.1. The van der Waals surface area contributed by atoms with Gasteiger partial charge >= 0.3 is 0 Å². The number of anilines is 2. The zero-order chi connectivity index (χ0) is 20.0. The van der Waals surface area contributed by atoms with Crippen molar-refractivity contribution in [2.75, 3.05) is 25.0 Å². The van der Waals surface area contributed by atoms with Gasteiger partial charge in [0.1, 0.15) is 18.0 Å². The molecule has 29 heavy (non-hydrogen) atoms. The normalized spacial score (nSPS) is 14.8. The van der Waals surface area contributed by atoms with Crippen molar-refractivity contribution >= 4 is 17.0 Å². The Kier molecular flexibility index (Phi) is 4.24. The van der Waals surface area contributed by atoms with E-state index in [0.717, 1.165) is 47.2 Å². The van der Waals surface area contributed by atoms with Gasteiger partial charge in [-0.25, -0.2) is 8.78 Å². The van der Waals surface area contributed by atoms with Gasteiger partial charge in [-0.2, -0.15) is 0 Å². The second kappa shape index (κ2) is 6.93. The summed E-state index contributed by atoms with van der Waals surface area (Å²) < 4.78 is 29.6. The summed E-state index contributed by atoms with van der Waals surface area (Å²) >= 11 is 0. The molecule has 0 amide bonds. The molecule has 0 spiro atoms. The molecule has 0 bridgehead atoms. The van der Waals surface area contributed by atoms with Gasteiger partial charge in [0.2, 0.25) is 0 Å². The number of fused-ring (bicyclic) bond motifs is 2. The summed E-state index contributed by atoms with van der Waals surface area (Å²) in [6, 6.07) is 13.8. The summed E-state index contributed by atoms with van der Waals surface area (Å²) in [5, 5.41) is 7.97. The molecule has 0 fully saturated rings. The maximum Gasteiger partial charge on any atom is 0.160 e. The van der Waals surface area contributed by atoms with E-state index < -0.39 is 11.6 Å². The van der Waals surface area contributed by atoms with Gasteiger partial charge in [-0.15, -0.1) is 10.2 Å². The Bertz CT molecular complexity index is 1180. The Balaban J connectivity index is 1.60. The van der Waals surface area contributed by atoms with E-state index in [1.54, 1.807) is 6.33 Å². The Morgan fingerprint density at radius 2 is 1.69 bits per heavy atom. The average Bonchev–Trinajstić information content (AvgIpc) is 3.09. The van der Waals surface area contributed by atoms with Crippen LogP contribution in [-0.2, 0) is 6.54 Å². The highest BCUT2D eigenvalue weighted by molar-refractivity contribution is 5.73. The predicted molar refractivity (Wildman–Crippen MR) is 108 cm³/mol. The summed E-state index contributed by atoms with van der Waals surface area (Å²) in [6.07, 6.45) is 3.67. The zero-order valence-electron chi connectivity index (χ0n) is 15.9. The molecule has 1 aliphatic rings. The maximum atomic E-state index is 13.8. The van der Waals surface area contributed by atoms with E-state index in [2.05, 4.69) is 28.2 Å². The predicted octanol–water partition coefficient (Wildman–Crippen LogP) is 4.26. The molecule has 2 aromatic carbocycles. The van der Waals surface area contributed by atoms with Crippen molar-refractivity contribution in [3.63, 3.8) is 0 Å². The minimum absolute atomic E-state index is 0.526.